The van der Waals surface area contributed by atoms with Crippen LogP contribution in [0.2, 0.25) is 0 Å². The van der Waals surface area contributed by atoms with E-state index in [1.807, 2.05) is 38.1 Å². The third-order valence-electron chi connectivity index (χ3n) is 4.24. The van der Waals surface area contributed by atoms with E-state index in [0.717, 1.165) is 11.1 Å². The normalized spacial score (nSPS) is 14.0. The predicted octanol–water partition coefficient (Wildman–Crippen LogP) is 4.62. The Labute approximate surface area is 120 Å². The van der Waals surface area contributed by atoms with Gasteiger partial charge in [-0.25, -0.2) is 0 Å². The molecule has 2 atom stereocenters. The van der Waals surface area contributed by atoms with Gasteiger partial charge in [0.2, 0.25) is 0 Å². The van der Waals surface area contributed by atoms with Gasteiger partial charge in [-0.05, 0) is 72.2 Å². The summed E-state index contributed by atoms with van der Waals surface area (Å²) in [4.78, 5) is 0. The van der Waals surface area contributed by atoms with Crippen LogP contribution in [-0.2, 0) is 0 Å². The summed E-state index contributed by atoms with van der Waals surface area (Å²) in [5.41, 5.74) is 4.73. The molecule has 2 heteroatoms. The lowest BCUT2D eigenvalue weighted by molar-refractivity contribution is 0.472. The maximum Gasteiger partial charge on any atom is 0.115 e. The zero-order valence-corrected chi connectivity index (χ0v) is 12.5. The summed E-state index contributed by atoms with van der Waals surface area (Å²) in [5, 5.41) is 19.0. The SMILES string of the molecule is Cc1cc(O)ccc1[C@@H](C)[C@@H](C)c1ccc(O)cc1C. The lowest BCUT2D eigenvalue weighted by atomic mass is 9.81. The van der Waals surface area contributed by atoms with Gasteiger partial charge in [0.1, 0.15) is 11.5 Å². The smallest absolute Gasteiger partial charge is 0.115 e. The van der Waals surface area contributed by atoms with Gasteiger partial charge in [-0.15, -0.1) is 0 Å². The van der Waals surface area contributed by atoms with E-state index < -0.39 is 0 Å². The molecule has 2 rings (SSSR count). The predicted molar refractivity (Wildman–Crippen MR) is 82.5 cm³/mol. The van der Waals surface area contributed by atoms with E-state index >= 15 is 0 Å². The van der Waals surface area contributed by atoms with Crippen LogP contribution >= 0.6 is 0 Å². The van der Waals surface area contributed by atoms with Gasteiger partial charge in [-0.2, -0.15) is 0 Å². The number of hydrogen-bond donors (Lipinski definition) is 2. The van der Waals surface area contributed by atoms with E-state index in [2.05, 4.69) is 13.8 Å². The van der Waals surface area contributed by atoms with Crippen LogP contribution in [0.15, 0.2) is 36.4 Å². The number of aryl methyl sites for hydroxylation is 2. The van der Waals surface area contributed by atoms with Gasteiger partial charge in [-0.1, -0.05) is 26.0 Å². The van der Waals surface area contributed by atoms with E-state index in [0.29, 0.717) is 23.3 Å². The van der Waals surface area contributed by atoms with Crippen molar-refractivity contribution in [2.75, 3.05) is 0 Å². The quantitative estimate of drug-likeness (QED) is 0.854. The Balaban J connectivity index is 2.34. The molecule has 20 heavy (non-hydrogen) atoms. The highest BCUT2D eigenvalue weighted by atomic mass is 16.3. The van der Waals surface area contributed by atoms with Gasteiger partial charge >= 0.3 is 0 Å². The molecule has 0 fully saturated rings. The van der Waals surface area contributed by atoms with Crippen molar-refractivity contribution in [1.82, 2.24) is 0 Å². The second-order valence-corrected chi connectivity index (χ2v) is 5.66. The number of phenolic OH excluding ortho intramolecular Hbond substituents is 2. The molecule has 0 aliphatic heterocycles. The number of hydrogen-bond acceptors (Lipinski definition) is 2. The summed E-state index contributed by atoms with van der Waals surface area (Å²) in [6.07, 6.45) is 0. The van der Waals surface area contributed by atoms with Crippen LogP contribution in [0.5, 0.6) is 11.5 Å². The lowest BCUT2D eigenvalue weighted by Gasteiger charge is -2.24. The highest BCUT2D eigenvalue weighted by molar-refractivity contribution is 5.41. The number of benzene rings is 2. The second-order valence-electron chi connectivity index (χ2n) is 5.66. The molecular weight excluding hydrogens is 248 g/mol. The van der Waals surface area contributed by atoms with Crippen LogP contribution in [0.3, 0.4) is 0 Å². The van der Waals surface area contributed by atoms with Crippen molar-refractivity contribution in [2.45, 2.75) is 39.5 Å². The molecule has 0 radical (unpaired) electrons. The average molecular weight is 270 g/mol. The first kappa shape index (κ1) is 14.4. The molecule has 0 aliphatic rings. The van der Waals surface area contributed by atoms with Crippen LogP contribution in [0, 0.1) is 13.8 Å². The van der Waals surface area contributed by atoms with Crippen molar-refractivity contribution in [3.8, 4) is 11.5 Å². The molecule has 0 aromatic heterocycles. The summed E-state index contributed by atoms with van der Waals surface area (Å²) < 4.78 is 0. The van der Waals surface area contributed by atoms with Gasteiger partial charge in [0.15, 0.2) is 0 Å². The monoisotopic (exact) mass is 270 g/mol. The first-order valence-electron chi connectivity index (χ1n) is 6.99. The number of phenols is 2. The topological polar surface area (TPSA) is 40.5 Å². The molecule has 0 saturated carbocycles. The Kier molecular flexibility index (Phi) is 4.03. The third-order valence-corrected chi connectivity index (χ3v) is 4.24. The molecule has 0 amide bonds. The first-order chi connectivity index (χ1) is 9.40. The van der Waals surface area contributed by atoms with E-state index in [9.17, 15) is 10.2 Å². The summed E-state index contributed by atoms with van der Waals surface area (Å²) in [7, 11) is 0. The van der Waals surface area contributed by atoms with E-state index in [-0.39, 0.29) is 0 Å². The van der Waals surface area contributed by atoms with Crippen LogP contribution in [0.1, 0.15) is 47.9 Å². The number of aromatic hydroxyl groups is 2. The fourth-order valence-electron chi connectivity index (χ4n) is 2.88. The summed E-state index contributed by atoms with van der Waals surface area (Å²) in [6, 6.07) is 11.1. The maximum atomic E-state index is 9.52. The zero-order valence-electron chi connectivity index (χ0n) is 12.5. The molecule has 0 saturated heterocycles. The minimum atomic E-state index is 0.312. The molecule has 0 unspecified atom stereocenters. The van der Waals surface area contributed by atoms with Gasteiger partial charge in [0.25, 0.3) is 0 Å². The summed E-state index contributed by atoms with van der Waals surface area (Å²) in [6.45, 7) is 8.47. The van der Waals surface area contributed by atoms with Crippen LogP contribution in [0.4, 0.5) is 0 Å². The van der Waals surface area contributed by atoms with Gasteiger partial charge in [-0.3, -0.25) is 0 Å². The minimum absolute atomic E-state index is 0.312. The molecule has 2 aromatic carbocycles. The fraction of sp³-hybridized carbons (Fsp3) is 0.333. The Morgan fingerprint density at radius 1 is 0.700 bits per heavy atom. The molecule has 0 bridgehead atoms. The molecule has 0 aliphatic carbocycles. The molecular formula is C18H22O2. The second kappa shape index (κ2) is 5.58. The van der Waals surface area contributed by atoms with Crippen LogP contribution in [-0.4, -0.2) is 10.2 Å². The van der Waals surface area contributed by atoms with Gasteiger partial charge in [0, 0.05) is 0 Å². The van der Waals surface area contributed by atoms with Crippen LogP contribution < -0.4 is 0 Å². The summed E-state index contributed by atoms with van der Waals surface area (Å²) >= 11 is 0. The molecule has 2 aromatic rings. The van der Waals surface area contributed by atoms with Gasteiger partial charge < -0.3 is 10.2 Å². The lowest BCUT2D eigenvalue weighted by Crippen LogP contribution is -2.07. The Morgan fingerprint density at radius 2 is 1.05 bits per heavy atom. The van der Waals surface area contributed by atoms with Crippen molar-refractivity contribution in [1.29, 1.82) is 0 Å². The number of rotatable bonds is 3. The molecule has 2 N–H and O–H groups in total. The Bertz CT molecular complexity index is 561. The van der Waals surface area contributed by atoms with E-state index in [1.165, 1.54) is 11.1 Å². The Morgan fingerprint density at radius 3 is 1.35 bits per heavy atom. The van der Waals surface area contributed by atoms with Crippen molar-refractivity contribution < 1.29 is 10.2 Å². The maximum absolute atomic E-state index is 9.52. The van der Waals surface area contributed by atoms with Crippen LogP contribution in [0.25, 0.3) is 0 Å². The van der Waals surface area contributed by atoms with Crippen molar-refractivity contribution in [3.63, 3.8) is 0 Å². The first-order valence-corrected chi connectivity index (χ1v) is 6.99. The minimum Gasteiger partial charge on any atom is -0.508 e. The van der Waals surface area contributed by atoms with E-state index in [4.69, 9.17) is 0 Å². The standard InChI is InChI=1S/C18H22O2/c1-11-9-15(19)5-7-17(11)13(3)14(4)18-8-6-16(20)10-12(18)2/h5-10,13-14,19-20H,1-4H3/t13-,14+. The van der Waals surface area contributed by atoms with Crippen molar-refractivity contribution >= 4 is 0 Å². The Hall–Kier alpha value is -1.96. The molecule has 106 valence electrons. The highest BCUT2D eigenvalue weighted by Gasteiger charge is 2.19. The largest absolute Gasteiger partial charge is 0.508 e. The van der Waals surface area contributed by atoms with Crippen molar-refractivity contribution in [2.24, 2.45) is 0 Å². The molecule has 0 heterocycles. The average Bonchev–Trinajstić information content (AvgIpc) is 2.37. The van der Waals surface area contributed by atoms with Crippen molar-refractivity contribution in [3.05, 3.63) is 58.7 Å². The highest BCUT2D eigenvalue weighted by Crippen LogP contribution is 2.36. The molecule has 2 nitrogen and oxygen atoms in total. The molecule has 0 spiro atoms. The zero-order chi connectivity index (χ0) is 14.9. The van der Waals surface area contributed by atoms with E-state index in [1.54, 1.807) is 12.1 Å². The fourth-order valence-corrected chi connectivity index (χ4v) is 2.88. The summed E-state index contributed by atoms with van der Waals surface area (Å²) in [5.74, 6) is 1.32. The van der Waals surface area contributed by atoms with Gasteiger partial charge in [0.05, 0.1) is 0 Å². The third kappa shape index (κ3) is 2.79.